The molecule has 1 atom stereocenters. The van der Waals surface area contributed by atoms with E-state index < -0.39 is 16.1 Å². The Balaban J connectivity index is 2.15. The Hall–Kier alpha value is -2.09. The monoisotopic (exact) mass is 351 g/mol. The zero-order valence-electron chi connectivity index (χ0n) is 13.8. The molecule has 0 bridgehead atoms. The standard InChI is InChI=1S/C17H21NO5S/c1-18(12-17(19)13-5-4-6-15(11-13)23-3)24(20,21)16-9-7-14(22-2)8-10-16/h4-11,17,19H,12H2,1-3H3. The van der Waals surface area contributed by atoms with Crippen molar-refractivity contribution in [2.45, 2.75) is 11.0 Å². The van der Waals surface area contributed by atoms with Gasteiger partial charge in [0, 0.05) is 13.6 Å². The first-order valence-electron chi connectivity index (χ1n) is 7.31. The minimum Gasteiger partial charge on any atom is -0.497 e. The normalized spacial score (nSPS) is 12.9. The number of methoxy groups -OCH3 is 2. The van der Waals surface area contributed by atoms with Gasteiger partial charge < -0.3 is 14.6 Å². The molecule has 0 spiro atoms. The van der Waals surface area contributed by atoms with Crippen molar-refractivity contribution in [3.8, 4) is 11.5 Å². The summed E-state index contributed by atoms with van der Waals surface area (Å²) in [6.07, 6.45) is -0.960. The topological polar surface area (TPSA) is 76.1 Å². The number of nitrogens with zero attached hydrogens (tertiary/aromatic N) is 1. The van der Waals surface area contributed by atoms with Crippen LogP contribution in [0.25, 0.3) is 0 Å². The van der Waals surface area contributed by atoms with Gasteiger partial charge in [-0.25, -0.2) is 8.42 Å². The van der Waals surface area contributed by atoms with Crippen LogP contribution in [0.2, 0.25) is 0 Å². The van der Waals surface area contributed by atoms with Gasteiger partial charge in [0.1, 0.15) is 11.5 Å². The zero-order chi connectivity index (χ0) is 17.7. The number of sulfonamides is 1. The number of aliphatic hydroxyl groups is 1. The number of hydrogen-bond donors (Lipinski definition) is 1. The van der Waals surface area contributed by atoms with E-state index in [2.05, 4.69) is 0 Å². The molecule has 130 valence electrons. The van der Waals surface area contributed by atoms with Crippen LogP contribution in [-0.4, -0.2) is 45.6 Å². The van der Waals surface area contributed by atoms with E-state index in [-0.39, 0.29) is 11.4 Å². The highest BCUT2D eigenvalue weighted by molar-refractivity contribution is 7.89. The molecule has 7 heteroatoms. The molecular formula is C17H21NO5S. The van der Waals surface area contributed by atoms with Crippen LogP contribution in [0, 0.1) is 0 Å². The molecule has 0 aliphatic rings. The Morgan fingerprint density at radius 1 is 1.04 bits per heavy atom. The number of ether oxygens (including phenoxy) is 2. The van der Waals surface area contributed by atoms with Crippen LogP contribution in [-0.2, 0) is 10.0 Å². The molecule has 0 aromatic heterocycles. The second kappa shape index (κ2) is 7.65. The predicted octanol–water partition coefficient (Wildman–Crippen LogP) is 2.06. The van der Waals surface area contributed by atoms with Gasteiger partial charge in [-0.3, -0.25) is 0 Å². The third kappa shape index (κ3) is 4.05. The van der Waals surface area contributed by atoms with Gasteiger partial charge in [0.2, 0.25) is 10.0 Å². The van der Waals surface area contributed by atoms with Crippen molar-refractivity contribution in [3.05, 3.63) is 54.1 Å². The Morgan fingerprint density at radius 2 is 1.67 bits per heavy atom. The fraction of sp³-hybridized carbons (Fsp3) is 0.294. The first-order chi connectivity index (χ1) is 11.4. The van der Waals surface area contributed by atoms with E-state index >= 15 is 0 Å². The number of aliphatic hydroxyl groups excluding tert-OH is 1. The SMILES string of the molecule is COc1ccc(S(=O)(=O)N(C)CC(O)c2cccc(OC)c2)cc1. The highest BCUT2D eigenvalue weighted by Gasteiger charge is 2.23. The second-order valence-corrected chi connectivity index (χ2v) is 7.30. The van der Waals surface area contributed by atoms with Gasteiger partial charge in [0.05, 0.1) is 25.2 Å². The van der Waals surface area contributed by atoms with Crippen molar-refractivity contribution < 1.29 is 23.0 Å². The maximum absolute atomic E-state index is 12.6. The number of benzene rings is 2. The van der Waals surface area contributed by atoms with Crippen molar-refractivity contribution in [2.24, 2.45) is 0 Å². The Bertz CT molecular complexity index is 774. The molecule has 0 saturated heterocycles. The van der Waals surface area contributed by atoms with Crippen molar-refractivity contribution >= 4 is 10.0 Å². The van der Waals surface area contributed by atoms with Gasteiger partial charge in [0.15, 0.2) is 0 Å². The minimum absolute atomic E-state index is 0.0679. The molecule has 1 N–H and O–H groups in total. The molecule has 2 rings (SSSR count). The Labute approximate surface area is 142 Å². The van der Waals surface area contributed by atoms with Crippen molar-refractivity contribution in [1.82, 2.24) is 4.31 Å². The molecule has 2 aromatic carbocycles. The predicted molar refractivity (Wildman–Crippen MR) is 90.8 cm³/mol. The summed E-state index contributed by atoms with van der Waals surface area (Å²) in [6, 6.07) is 13.0. The number of hydrogen-bond acceptors (Lipinski definition) is 5. The van der Waals surface area contributed by atoms with Crippen LogP contribution in [0.5, 0.6) is 11.5 Å². The molecular weight excluding hydrogens is 330 g/mol. The molecule has 0 aliphatic heterocycles. The van der Waals surface area contributed by atoms with E-state index in [0.29, 0.717) is 17.1 Å². The Morgan fingerprint density at radius 3 is 2.25 bits per heavy atom. The lowest BCUT2D eigenvalue weighted by molar-refractivity contribution is 0.154. The van der Waals surface area contributed by atoms with Gasteiger partial charge in [-0.15, -0.1) is 0 Å². The van der Waals surface area contributed by atoms with Gasteiger partial charge in [0.25, 0.3) is 0 Å². The lowest BCUT2D eigenvalue weighted by Crippen LogP contribution is -2.31. The molecule has 0 aliphatic carbocycles. The summed E-state index contributed by atoms with van der Waals surface area (Å²) in [7, 11) is 0.785. The molecule has 0 radical (unpaired) electrons. The average Bonchev–Trinajstić information content (AvgIpc) is 2.61. The van der Waals surface area contributed by atoms with Crippen molar-refractivity contribution in [1.29, 1.82) is 0 Å². The van der Waals surface area contributed by atoms with Gasteiger partial charge in [-0.05, 0) is 42.0 Å². The summed E-state index contributed by atoms with van der Waals surface area (Å²) >= 11 is 0. The molecule has 6 nitrogen and oxygen atoms in total. The zero-order valence-corrected chi connectivity index (χ0v) is 14.7. The van der Waals surface area contributed by atoms with E-state index in [9.17, 15) is 13.5 Å². The van der Waals surface area contributed by atoms with E-state index in [0.717, 1.165) is 4.31 Å². The molecule has 1 unspecified atom stereocenters. The maximum Gasteiger partial charge on any atom is 0.242 e. The fourth-order valence-electron chi connectivity index (χ4n) is 2.22. The molecule has 0 fully saturated rings. The van der Waals surface area contributed by atoms with Crippen LogP contribution in [0.4, 0.5) is 0 Å². The van der Waals surface area contributed by atoms with Crippen LogP contribution < -0.4 is 9.47 Å². The smallest absolute Gasteiger partial charge is 0.242 e. The second-order valence-electron chi connectivity index (χ2n) is 5.25. The summed E-state index contributed by atoms with van der Waals surface area (Å²) in [6.45, 7) is -0.0679. The molecule has 2 aromatic rings. The minimum atomic E-state index is -3.70. The van der Waals surface area contributed by atoms with Crippen LogP contribution >= 0.6 is 0 Å². The first kappa shape index (κ1) is 18.3. The maximum atomic E-state index is 12.6. The largest absolute Gasteiger partial charge is 0.497 e. The van der Waals surface area contributed by atoms with E-state index in [1.165, 1.54) is 33.4 Å². The molecule has 0 saturated carbocycles. The summed E-state index contributed by atoms with van der Waals surface area (Å²) in [5, 5.41) is 10.3. The lowest BCUT2D eigenvalue weighted by atomic mass is 10.1. The first-order valence-corrected chi connectivity index (χ1v) is 8.75. The summed E-state index contributed by atoms with van der Waals surface area (Å²) in [5.74, 6) is 1.18. The highest BCUT2D eigenvalue weighted by Crippen LogP contribution is 2.23. The fourth-order valence-corrected chi connectivity index (χ4v) is 3.40. The van der Waals surface area contributed by atoms with Gasteiger partial charge >= 0.3 is 0 Å². The summed E-state index contributed by atoms with van der Waals surface area (Å²) in [5.41, 5.74) is 0.589. The van der Waals surface area contributed by atoms with Gasteiger partial charge in [-0.2, -0.15) is 4.31 Å². The van der Waals surface area contributed by atoms with E-state index in [1.807, 2.05) is 0 Å². The number of rotatable bonds is 7. The van der Waals surface area contributed by atoms with Crippen LogP contribution in [0.3, 0.4) is 0 Å². The van der Waals surface area contributed by atoms with Crippen LogP contribution in [0.15, 0.2) is 53.4 Å². The molecule has 24 heavy (non-hydrogen) atoms. The number of likely N-dealkylation sites (N-methyl/N-ethyl adjacent to an activating group) is 1. The lowest BCUT2D eigenvalue weighted by Gasteiger charge is -2.21. The van der Waals surface area contributed by atoms with Crippen molar-refractivity contribution in [2.75, 3.05) is 27.8 Å². The van der Waals surface area contributed by atoms with Crippen LogP contribution in [0.1, 0.15) is 11.7 Å². The van der Waals surface area contributed by atoms with E-state index in [1.54, 1.807) is 36.4 Å². The van der Waals surface area contributed by atoms with Gasteiger partial charge in [-0.1, -0.05) is 12.1 Å². The summed E-state index contributed by atoms with van der Waals surface area (Å²) < 4.78 is 36.4. The Kier molecular flexibility index (Phi) is 5.82. The summed E-state index contributed by atoms with van der Waals surface area (Å²) in [4.78, 5) is 0.142. The van der Waals surface area contributed by atoms with E-state index in [4.69, 9.17) is 9.47 Å². The highest BCUT2D eigenvalue weighted by atomic mass is 32.2. The average molecular weight is 351 g/mol. The van der Waals surface area contributed by atoms with Crippen molar-refractivity contribution in [3.63, 3.8) is 0 Å². The quantitative estimate of drug-likeness (QED) is 0.826. The molecule has 0 heterocycles. The third-order valence-corrected chi connectivity index (χ3v) is 5.51. The molecule has 0 amide bonds. The third-order valence-electron chi connectivity index (χ3n) is 3.68.